The molecule has 0 radical (unpaired) electrons. The van der Waals surface area contributed by atoms with E-state index in [0.717, 1.165) is 5.56 Å². The summed E-state index contributed by atoms with van der Waals surface area (Å²) in [6.07, 6.45) is 0.917. The van der Waals surface area contributed by atoms with E-state index in [1.54, 1.807) is 18.2 Å². The third-order valence-corrected chi connectivity index (χ3v) is 3.42. The number of nitrogens with one attached hydrogen (secondary N) is 1. The largest absolute Gasteiger partial charge is 0.508 e. The summed E-state index contributed by atoms with van der Waals surface area (Å²) < 4.78 is 5.64. The van der Waals surface area contributed by atoms with Gasteiger partial charge in [0.05, 0.1) is 12.3 Å². The lowest BCUT2D eigenvalue weighted by molar-refractivity contribution is -0.116. The van der Waals surface area contributed by atoms with Crippen LogP contribution in [0.2, 0.25) is 0 Å². The minimum absolute atomic E-state index is 0.112. The summed E-state index contributed by atoms with van der Waals surface area (Å²) in [4.78, 5) is 12.0. The van der Waals surface area contributed by atoms with Crippen molar-refractivity contribution in [2.24, 2.45) is 5.92 Å². The number of ether oxygens (including phenoxy) is 1. The van der Waals surface area contributed by atoms with Crippen LogP contribution in [0, 0.1) is 5.92 Å². The Balaban J connectivity index is 1.87. The number of benzene rings is 2. The number of carbonyl (C=O) groups excluding carboxylic acids is 1. The molecule has 128 valence electrons. The van der Waals surface area contributed by atoms with E-state index in [0.29, 0.717) is 42.5 Å². The van der Waals surface area contributed by atoms with E-state index < -0.39 is 0 Å². The van der Waals surface area contributed by atoms with Gasteiger partial charge >= 0.3 is 0 Å². The Morgan fingerprint density at radius 3 is 2.71 bits per heavy atom. The monoisotopic (exact) mass is 328 g/mol. The minimum atomic E-state index is -0.112. The molecule has 0 fully saturated rings. The number of phenols is 1. The molecule has 0 saturated heterocycles. The van der Waals surface area contributed by atoms with Crippen molar-refractivity contribution in [2.75, 3.05) is 17.7 Å². The predicted molar refractivity (Wildman–Crippen MR) is 96.2 cm³/mol. The zero-order valence-corrected chi connectivity index (χ0v) is 14.1. The van der Waals surface area contributed by atoms with Gasteiger partial charge in [0.15, 0.2) is 0 Å². The third kappa shape index (κ3) is 5.50. The summed E-state index contributed by atoms with van der Waals surface area (Å²) in [6, 6.07) is 12.1. The number of anilines is 2. The average molecular weight is 328 g/mol. The van der Waals surface area contributed by atoms with Crippen LogP contribution < -0.4 is 15.8 Å². The van der Waals surface area contributed by atoms with Gasteiger partial charge in [0.1, 0.15) is 11.5 Å². The Kier molecular flexibility index (Phi) is 6.07. The fraction of sp³-hybridized carbons (Fsp3) is 0.316. The molecule has 5 heteroatoms. The molecule has 0 spiro atoms. The molecule has 0 unspecified atom stereocenters. The molecule has 2 aromatic rings. The fourth-order valence-electron chi connectivity index (χ4n) is 2.21. The Morgan fingerprint density at radius 2 is 2.04 bits per heavy atom. The quantitative estimate of drug-likeness (QED) is 0.678. The number of nitrogens with two attached hydrogens (primary N) is 1. The first-order valence-electron chi connectivity index (χ1n) is 8.04. The van der Waals surface area contributed by atoms with Gasteiger partial charge in [-0.15, -0.1) is 0 Å². The maximum absolute atomic E-state index is 12.0. The number of aromatic hydroxyl groups is 1. The maximum Gasteiger partial charge on any atom is 0.224 e. The highest BCUT2D eigenvalue weighted by Crippen LogP contribution is 2.24. The second-order valence-corrected chi connectivity index (χ2v) is 6.18. The van der Waals surface area contributed by atoms with Crippen LogP contribution in [0.25, 0.3) is 0 Å². The molecule has 0 aliphatic rings. The van der Waals surface area contributed by atoms with E-state index in [1.807, 2.05) is 18.2 Å². The highest BCUT2D eigenvalue weighted by atomic mass is 16.5. The van der Waals surface area contributed by atoms with Gasteiger partial charge in [-0.3, -0.25) is 4.79 Å². The lowest BCUT2D eigenvalue weighted by atomic mass is 10.1. The fourth-order valence-corrected chi connectivity index (χ4v) is 2.21. The molecular formula is C19H24N2O3. The van der Waals surface area contributed by atoms with Crippen molar-refractivity contribution >= 4 is 17.3 Å². The third-order valence-electron chi connectivity index (χ3n) is 3.42. The van der Waals surface area contributed by atoms with Crippen molar-refractivity contribution in [3.8, 4) is 11.5 Å². The Labute approximate surface area is 142 Å². The van der Waals surface area contributed by atoms with Crippen LogP contribution in [0.15, 0.2) is 42.5 Å². The zero-order valence-electron chi connectivity index (χ0n) is 14.1. The molecule has 0 heterocycles. The lowest BCUT2D eigenvalue weighted by Gasteiger charge is -2.12. The summed E-state index contributed by atoms with van der Waals surface area (Å²) in [5.41, 5.74) is 8.15. The molecule has 1 amide bonds. The number of aryl methyl sites for hydroxylation is 1. The minimum Gasteiger partial charge on any atom is -0.508 e. The Bertz CT molecular complexity index is 699. The maximum atomic E-state index is 12.0. The van der Waals surface area contributed by atoms with Gasteiger partial charge in [-0.05, 0) is 42.2 Å². The van der Waals surface area contributed by atoms with Gasteiger partial charge in [0.2, 0.25) is 5.91 Å². The number of hydrogen-bond donors (Lipinski definition) is 3. The van der Waals surface area contributed by atoms with E-state index >= 15 is 0 Å². The van der Waals surface area contributed by atoms with Crippen molar-refractivity contribution in [3.63, 3.8) is 0 Å². The van der Waals surface area contributed by atoms with Crippen molar-refractivity contribution in [3.05, 3.63) is 48.0 Å². The highest BCUT2D eigenvalue weighted by molar-refractivity contribution is 5.91. The number of hydrogen-bond acceptors (Lipinski definition) is 4. The molecule has 0 atom stereocenters. The van der Waals surface area contributed by atoms with Crippen molar-refractivity contribution in [1.29, 1.82) is 0 Å². The molecule has 4 N–H and O–H groups in total. The van der Waals surface area contributed by atoms with Crippen LogP contribution in [0.1, 0.15) is 25.8 Å². The van der Waals surface area contributed by atoms with Crippen LogP contribution in [0.3, 0.4) is 0 Å². The van der Waals surface area contributed by atoms with Gasteiger partial charge in [-0.2, -0.15) is 0 Å². The lowest BCUT2D eigenvalue weighted by Crippen LogP contribution is -2.12. The first-order valence-corrected chi connectivity index (χ1v) is 8.04. The van der Waals surface area contributed by atoms with Gasteiger partial charge in [-0.25, -0.2) is 0 Å². The Morgan fingerprint density at radius 1 is 1.25 bits per heavy atom. The van der Waals surface area contributed by atoms with Crippen molar-refractivity contribution in [2.45, 2.75) is 26.7 Å². The number of phenolic OH excluding ortho intramolecular Hbond substituents is 1. The molecule has 2 aromatic carbocycles. The zero-order chi connectivity index (χ0) is 17.5. The van der Waals surface area contributed by atoms with Crippen LogP contribution in [0.5, 0.6) is 11.5 Å². The molecule has 2 rings (SSSR count). The number of nitrogen functional groups attached to an aromatic ring is 1. The summed E-state index contributed by atoms with van der Waals surface area (Å²) in [7, 11) is 0. The van der Waals surface area contributed by atoms with Gasteiger partial charge in [-0.1, -0.05) is 26.0 Å². The molecule has 24 heavy (non-hydrogen) atoms. The molecule has 0 aliphatic carbocycles. The highest BCUT2D eigenvalue weighted by Gasteiger charge is 2.07. The van der Waals surface area contributed by atoms with Crippen LogP contribution in [0.4, 0.5) is 11.4 Å². The molecule has 5 nitrogen and oxygen atoms in total. The topological polar surface area (TPSA) is 84.6 Å². The number of amides is 1. The van der Waals surface area contributed by atoms with E-state index in [-0.39, 0.29) is 11.7 Å². The number of rotatable bonds is 7. The summed E-state index contributed by atoms with van der Waals surface area (Å²) in [5.74, 6) is 1.12. The van der Waals surface area contributed by atoms with E-state index in [2.05, 4.69) is 19.2 Å². The molecule has 0 aromatic heterocycles. The Hall–Kier alpha value is -2.69. The van der Waals surface area contributed by atoms with Gasteiger partial charge in [0.25, 0.3) is 0 Å². The molecule has 0 aliphatic heterocycles. The van der Waals surface area contributed by atoms with Crippen molar-refractivity contribution in [1.82, 2.24) is 0 Å². The summed E-state index contributed by atoms with van der Waals surface area (Å²) in [5, 5.41) is 12.1. The smallest absolute Gasteiger partial charge is 0.224 e. The standard InChI is InChI=1S/C19H24N2O3/c1-13(2)12-24-18-8-6-14(10-17(18)20)7-9-19(23)21-15-4-3-5-16(22)11-15/h3-6,8,10-11,13,22H,7,9,12,20H2,1-2H3,(H,21,23). The normalized spacial score (nSPS) is 10.6. The van der Waals surface area contributed by atoms with Crippen LogP contribution >= 0.6 is 0 Å². The van der Waals surface area contributed by atoms with E-state index in [1.165, 1.54) is 6.07 Å². The van der Waals surface area contributed by atoms with E-state index in [9.17, 15) is 9.90 Å². The van der Waals surface area contributed by atoms with Crippen LogP contribution in [-0.2, 0) is 11.2 Å². The second-order valence-electron chi connectivity index (χ2n) is 6.18. The molecule has 0 bridgehead atoms. The molecular weight excluding hydrogens is 304 g/mol. The summed E-state index contributed by atoms with van der Waals surface area (Å²) >= 11 is 0. The number of carbonyl (C=O) groups is 1. The average Bonchev–Trinajstić information content (AvgIpc) is 2.52. The predicted octanol–water partition coefficient (Wildman–Crippen LogP) is 3.58. The van der Waals surface area contributed by atoms with E-state index in [4.69, 9.17) is 10.5 Å². The second kappa shape index (κ2) is 8.24. The van der Waals surface area contributed by atoms with Crippen LogP contribution in [-0.4, -0.2) is 17.6 Å². The SMILES string of the molecule is CC(C)COc1ccc(CCC(=O)Nc2cccc(O)c2)cc1N. The van der Waals surface area contributed by atoms with Gasteiger partial charge < -0.3 is 20.9 Å². The first kappa shape index (κ1) is 17.7. The first-order chi connectivity index (χ1) is 11.4. The van der Waals surface area contributed by atoms with Gasteiger partial charge in [0, 0.05) is 18.2 Å². The molecule has 0 saturated carbocycles. The summed E-state index contributed by atoms with van der Waals surface area (Å²) in [6.45, 7) is 4.78. The van der Waals surface area contributed by atoms with Crippen molar-refractivity contribution < 1.29 is 14.6 Å².